The lowest BCUT2D eigenvalue weighted by Gasteiger charge is -2.34. The molecule has 0 saturated carbocycles. The fraction of sp³-hybridized carbons (Fsp3) is 0.476. The summed E-state index contributed by atoms with van der Waals surface area (Å²) in [6.45, 7) is 12.9. The van der Waals surface area contributed by atoms with Crippen molar-refractivity contribution < 1.29 is 23.1 Å². The van der Waals surface area contributed by atoms with Crippen molar-refractivity contribution in [3.05, 3.63) is 59.5 Å². The molecule has 5 aromatic rings. The molecule has 4 aliphatic heterocycles. The van der Waals surface area contributed by atoms with E-state index in [9.17, 15) is 9.50 Å². The molecule has 0 spiro atoms. The number of ether oxygens (including phenoxy) is 1. The number of nitrogens with one attached hydrogen (secondary N) is 1. The van der Waals surface area contributed by atoms with Gasteiger partial charge in [0.15, 0.2) is 11.6 Å². The number of likely N-dealkylation sites (tertiary alicyclic amines) is 1. The first-order chi connectivity index (χ1) is 26.6. The lowest BCUT2D eigenvalue weighted by atomic mass is 9.89. The van der Waals surface area contributed by atoms with E-state index in [-0.39, 0.29) is 39.5 Å². The Kier molecular flexibility index (Phi) is 9.21. The van der Waals surface area contributed by atoms with Gasteiger partial charge in [-0.15, -0.1) is 6.42 Å². The van der Waals surface area contributed by atoms with E-state index in [1.807, 2.05) is 0 Å². The lowest BCUT2D eigenvalue weighted by Crippen LogP contribution is -2.51. The number of benzene rings is 2. The van der Waals surface area contributed by atoms with Gasteiger partial charge in [-0.3, -0.25) is 9.88 Å². The highest BCUT2D eigenvalue weighted by Gasteiger charge is 2.38. The molecule has 13 heteroatoms. The molecule has 4 saturated heterocycles. The number of terminal acetylenes is 1. The molecule has 0 radical (unpaired) electrons. The third kappa shape index (κ3) is 6.59. The quantitative estimate of drug-likeness (QED) is 0.165. The van der Waals surface area contributed by atoms with Gasteiger partial charge in [0.25, 0.3) is 0 Å². The summed E-state index contributed by atoms with van der Waals surface area (Å²) in [5, 5.41) is 19.9. The fourth-order valence-electron chi connectivity index (χ4n) is 9.11. The van der Waals surface area contributed by atoms with E-state index in [0.717, 1.165) is 57.0 Å². The van der Waals surface area contributed by atoms with Gasteiger partial charge in [-0.2, -0.15) is 9.97 Å². The minimum Gasteiger partial charge on any atom is -0.508 e. The Morgan fingerprint density at radius 3 is 2.58 bits per heavy atom. The van der Waals surface area contributed by atoms with Gasteiger partial charge < -0.3 is 29.5 Å². The second-order valence-electron chi connectivity index (χ2n) is 16.2. The maximum Gasteiger partial charge on any atom is 0.319 e. The predicted molar refractivity (Wildman–Crippen MR) is 207 cm³/mol. The summed E-state index contributed by atoms with van der Waals surface area (Å²) in [7, 11) is 0. The van der Waals surface area contributed by atoms with Gasteiger partial charge in [0.05, 0.1) is 10.9 Å². The first-order valence-corrected chi connectivity index (χ1v) is 19.5. The van der Waals surface area contributed by atoms with Crippen LogP contribution >= 0.6 is 0 Å². The standard InChI is InChI=1S/C42H46F2N8O3/c1-5-31-34(43)9-6-25-14-30(53)15-32(37(25)31)39-38(44)40-33(17-45-39)41(52-21-28-7-8-29(22-52)46-28)48-42(47-40)54-13-12-50-11-10-26-19-51(20-27(26)18-50)36-16-35(55-49-36)24(4)23(2)3/h1,6,9,14-17,23-24,26-29,46,53H,7-8,10-13,18-22H2,2-4H3. The third-order valence-corrected chi connectivity index (χ3v) is 12.4. The number of hydrogen-bond donors (Lipinski definition) is 2. The van der Waals surface area contributed by atoms with E-state index >= 15 is 4.39 Å². The molecule has 286 valence electrons. The number of aromatic nitrogens is 4. The van der Waals surface area contributed by atoms with Crippen LogP contribution in [0.2, 0.25) is 0 Å². The fourth-order valence-corrected chi connectivity index (χ4v) is 9.11. The number of aromatic hydroxyl groups is 1. The molecule has 4 aliphatic rings. The average molecular weight is 749 g/mol. The number of piperazine rings is 1. The van der Waals surface area contributed by atoms with Crippen LogP contribution in [0.3, 0.4) is 0 Å². The highest BCUT2D eigenvalue weighted by Crippen LogP contribution is 2.40. The number of rotatable bonds is 9. The molecule has 3 aromatic heterocycles. The van der Waals surface area contributed by atoms with E-state index in [1.165, 1.54) is 24.3 Å². The number of fused-ring (bicyclic) bond motifs is 5. The number of halogens is 2. The van der Waals surface area contributed by atoms with Crippen LogP contribution in [0.1, 0.15) is 57.3 Å². The Morgan fingerprint density at radius 1 is 1.00 bits per heavy atom. The Hall–Kier alpha value is -5.06. The molecular weight excluding hydrogens is 703 g/mol. The summed E-state index contributed by atoms with van der Waals surface area (Å²) in [5.41, 5.74) is 0.0796. The Morgan fingerprint density at radius 2 is 1.80 bits per heavy atom. The second-order valence-corrected chi connectivity index (χ2v) is 16.2. The molecular formula is C42H46F2N8O3. The van der Waals surface area contributed by atoms with Gasteiger partial charge in [-0.05, 0) is 67.1 Å². The second kappa shape index (κ2) is 14.2. The zero-order valence-electron chi connectivity index (χ0n) is 31.4. The summed E-state index contributed by atoms with van der Waals surface area (Å²) < 4.78 is 43.8. The van der Waals surface area contributed by atoms with Gasteiger partial charge in [0.1, 0.15) is 41.0 Å². The molecule has 5 atom stereocenters. The number of hydrogen-bond acceptors (Lipinski definition) is 11. The zero-order valence-corrected chi connectivity index (χ0v) is 31.4. The Labute approximate surface area is 319 Å². The van der Waals surface area contributed by atoms with E-state index in [1.54, 1.807) is 6.20 Å². The SMILES string of the molecule is C#Cc1c(F)ccc2cc(O)cc(-c3ncc4c(N5CC6CCC(C5)N6)nc(OCCN5CCC6CN(c7cc(C(C)C(C)C)on7)CC6C5)nc4c3F)c12. The molecule has 5 unspecified atom stereocenters. The molecule has 0 amide bonds. The number of phenols is 1. The first kappa shape index (κ1) is 35.6. The average Bonchev–Trinajstić information content (AvgIpc) is 3.92. The molecule has 9 rings (SSSR count). The molecule has 0 aliphatic carbocycles. The van der Waals surface area contributed by atoms with Crippen LogP contribution in [0.5, 0.6) is 11.8 Å². The first-order valence-electron chi connectivity index (χ1n) is 19.5. The van der Waals surface area contributed by atoms with Crippen molar-refractivity contribution in [3.8, 4) is 35.4 Å². The minimum atomic E-state index is -0.728. The maximum atomic E-state index is 16.9. The lowest BCUT2D eigenvalue weighted by molar-refractivity contribution is 0.125. The molecule has 2 N–H and O–H groups in total. The topological polar surface area (TPSA) is 116 Å². The van der Waals surface area contributed by atoms with Gasteiger partial charge >= 0.3 is 6.01 Å². The number of piperidine rings is 1. The van der Waals surface area contributed by atoms with Gasteiger partial charge in [0, 0.05) is 80.5 Å². The molecule has 11 nitrogen and oxygen atoms in total. The summed E-state index contributed by atoms with van der Waals surface area (Å²) >= 11 is 0. The summed E-state index contributed by atoms with van der Waals surface area (Å²) in [6, 6.07) is 8.38. The third-order valence-electron chi connectivity index (χ3n) is 12.4. The summed E-state index contributed by atoms with van der Waals surface area (Å²) in [5.74, 6) is 5.28. The number of phenolic OH excluding ortho intramolecular Hbond substituents is 1. The smallest absolute Gasteiger partial charge is 0.319 e. The van der Waals surface area contributed by atoms with E-state index in [0.29, 0.717) is 78.6 Å². The highest BCUT2D eigenvalue weighted by atomic mass is 19.1. The van der Waals surface area contributed by atoms with Crippen LogP contribution in [0.4, 0.5) is 20.4 Å². The van der Waals surface area contributed by atoms with E-state index in [2.05, 4.69) is 67.9 Å². The number of anilines is 2. The molecule has 2 aromatic carbocycles. The van der Waals surface area contributed by atoms with Gasteiger partial charge in [0.2, 0.25) is 0 Å². The number of pyridine rings is 1. The van der Waals surface area contributed by atoms with E-state index in [4.69, 9.17) is 20.7 Å². The summed E-state index contributed by atoms with van der Waals surface area (Å²) in [6.07, 6.45) is 10.5. The predicted octanol–water partition coefficient (Wildman–Crippen LogP) is 6.34. The summed E-state index contributed by atoms with van der Waals surface area (Å²) in [4.78, 5) is 21.0. The zero-order chi connectivity index (χ0) is 38.0. The molecule has 4 fully saturated rings. The van der Waals surface area contributed by atoms with Gasteiger partial charge in [-0.25, -0.2) is 8.78 Å². The maximum absolute atomic E-state index is 16.9. The van der Waals surface area contributed by atoms with Crippen molar-refractivity contribution in [1.29, 1.82) is 0 Å². The number of nitrogens with zero attached hydrogens (tertiary/aromatic N) is 7. The van der Waals surface area contributed by atoms with Crippen molar-refractivity contribution in [3.63, 3.8) is 0 Å². The van der Waals surface area contributed by atoms with Crippen LogP contribution < -0.4 is 19.9 Å². The van der Waals surface area contributed by atoms with Crippen molar-refractivity contribution >= 4 is 33.3 Å². The van der Waals surface area contributed by atoms with Gasteiger partial charge in [-0.1, -0.05) is 37.9 Å². The van der Waals surface area contributed by atoms with Crippen molar-refractivity contribution in [2.24, 2.45) is 17.8 Å². The van der Waals surface area contributed by atoms with Crippen molar-refractivity contribution in [2.45, 2.75) is 58.0 Å². The molecule has 7 heterocycles. The highest BCUT2D eigenvalue weighted by molar-refractivity contribution is 6.03. The van der Waals surface area contributed by atoms with Crippen LogP contribution in [0.25, 0.3) is 32.9 Å². The van der Waals surface area contributed by atoms with Crippen LogP contribution in [0, 0.1) is 41.7 Å². The van der Waals surface area contributed by atoms with Crippen LogP contribution in [-0.2, 0) is 0 Å². The Balaban J connectivity index is 0.973. The van der Waals surface area contributed by atoms with Crippen LogP contribution in [0.15, 0.2) is 41.1 Å². The minimum absolute atomic E-state index is 0.0320. The monoisotopic (exact) mass is 748 g/mol. The molecule has 2 bridgehead atoms. The largest absolute Gasteiger partial charge is 0.508 e. The van der Waals surface area contributed by atoms with Crippen LogP contribution in [-0.4, -0.2) is 94.6 Å². The normalized spacial score (nSPS) is 23.1. The van der Waals surface area contributed by atoms with Crippen molar-refractivity contribution in [2.75, 3.05) is 62.2 Å². The van der Waals surface area contributed by atoms with E-state index < -0.39 is 11.6 Å². The van der Waals surface area contributed by atoms with Crippen molar-refractivity contribution in [1.82, 2.24) is 30.3 Å². The Bertz CT molecular complexity index is 2300. The molecule has 55 heavy (non-hydrogen) atoms.